The summed E-state index contributed by atoms with van der Waals surface area (Å²) >= 11 is 0. The van der Waals surface area contributed by atoms with E-state index in [-0.39, 0.29) is 5.56 Å². The maximum atomic E-state index is 12.3. The van der Waals surface area contributed by atoms with Crippen LogP contribution in [0.3, 0.4) is 0 Å². The summed E-state index contributed by atoms with van der Waals surface area (Å²) in [6.07, 6.45) is 4.04. The minimum absolute atomic E-state index is 0.0519. The number of aryl methyl sites for hydroxylation is 1. The largest absolute Gasteiger partial charge is 0.494 e. The Morgan fingerprint density at radius 1 is 1.20 bits per heavy atom. The van der Waals surface area contributed by atoms with E-state index in [0.717, 1.165) is 48.6 Å². The van der Waals surface area contributed by atoms with E-state index in [9.17, 15) is 4.79 Å². The van der Waals surface area contributed by atoms with Crippen LogP contribution in [0.1, 0.15) is 42.4 Å². The molecule has 3 heterocycles. The van der Waals surface area contributed by atoms with Crippen LogP contribution < -0.4 is 10.3 Å². The fourth-order valence-electron chi connectivity index (χ4n) is 4.29. The molecule has 132 valence electrons. The van der Waals surface area contributed by atoms with Crippen LogP contribution in [0.5, 0.6) is 5.75 Å². The summed E-state index contributed by atoms with van der Waals surface area (Å²) in [6, 6.07) is 9.30. The van der Waals surface area contributed by atoms with Gasteiger partial charge in [-0.25, -0.2) is 4.98 Å². The van der Waals surface area contributed by atoms with Gasteiger partial charge in [-0.15, -0.1) is 0 Å². The number of aromatic nitrogens is 2. The highest BCUT2D eigenvalue weighted by Gasteiger charge is 2.38. The Balaban J connectivity index is 1.56. The highest BCUT2D eigenvalue weighted by Crippen LogP contribution is 2.33. The molecule has 0 radical (unpaired) electrons. The van der Waals surface area contributed by atoms with Crippen LogP contribution in [0, 0.1) is 6.92 Å². The number of fused-ring (bicyclic) bond motifs is 3. The average molecular weight is 339 g/mol. The van der Waals surface area contributed by atoms with Gasteiger partial charge in [0, 0.05) is 30.6 Å². The van der Waals surface area contributed by atoms with E-state index in [1.807, 2.05) is 26.0 Å². The number of H-pyrrole nitrogens is 1. The van der Waals surface area contributed by atoms with Gasteiger partial charge in [0.15, 0.2) is 0 Å². The molecule has 4 rings (SSSR count). The molecule has 0 unspecified atom stereocenters. The van der Waals surface area contributed by atoms with Crippen molar-refractivity contribution in [3.05, 3.63) is 57.3 Å². The summed E-state index contributed by atoms with van der Waals surface area (Å²) in [5, 5.41) is 0. The molecule has 5 nitrogen and oxygen atoms in total. The lowest BCUT2D eigenvalue weighted by Gasteiger charge is -2.27. The molecule has 2 aromatic rings. The Labute approximate surface area is 148 Å². The quantitative estimate of drug-likeness (QED) is 0.930. The number of nitrogens with one attached hydrogen (secondary N) is 1. The average Bonchev–Trinajstić information content (AvgIpc) is 2.85. The third-order valence-corrected chi connectivity index (χ3v) is 5.46. The van der Waals surface area contributed by atoms with Crippen molar-refractivity contribution in [3.8, 4) is 5.75 Å². The summed E-state index contributed by atoms with van der Waals surface area (Å²) in [5.41, 5.74) is 3.25. The second-order valence-electron chi connectivity index (χ2n) is 7.12. The van der Waals surface area contributed by atoms with Crippen LogP contribution >= 0.6 is 0 Å². The van der Waals surface area contributed by atoms with E-state index < -0.39 is 0 Å². The monoisotopic (exact) mass is 339 g/mol. The molecule has 1 N–H and O–H groups in total. The van der Waals surface area contributed by atoms with E-state index in [1.165, 1.54) is 12.0 Å². The van der Waals surface area contributed by atoms with Crippen LogP contribution in [0.25, 0.3) is 0 Å². The molecular formula is C20H25N3O2. The van der Waals surface area contributed by atoms with Gasteiger partial charge in [-0.3, -0.25) is 9.69 Å². The second kappa shape index (κ2) is 6.64. The minimum Gasteiger partial charge on any atom is -0.494 e. The first-order valence-corrected chi connectivity index (χ1v) is 9.20. The third kappa shape index (κ3) is 3.21. The van der Waals surface area contributed by atoms with E-state index in [1.54, 1.807) is 0 Å². The van der Waals surface area contributed by atoms with Gasteiger partial charge in [-0.2, -0.15) is 0 Å². The molecule has 1 aromatic heterocycles. The molecule has 1 fully saturated rings. The van der Waals surface area contributed by atoms with Crippen LogP contribution in [-0.2, 0) is 19.4 Å². The molecule has 1 aromatic carbocycles. The second-order valence-corrected chi connectivity index (χ2v) is 7.12. The molecular weight excluding hydrogens is 314 g/mol. The summed E-state index contributed by atoms with van der Waals surface area (Å²) in [6.45, 7) is 5.47. The predicted molar refractivity (Wildman–Crippen MR) is 97.0 cm³/mol. The molecule has 25 heavy (non-hydrogen) atoms. The van der Waals surface area contributed by atoms with Crippen molar-refractivity contribution in [2.24, 2.45) is 0 Å². The molecule has 0 spiro atoms. The van der Waals surface area contributed by atoms with Crippen molar-refractivity contribution in [2.75, 3.05) is 6.61 Å². The van der Waals surface area contributed by atoms with Crippen molar-refractivity contribution in [1.29, 1.82) is 0 Å². The van der Waals surface area contributed by atoms with Crippen molar-refractivity contribution < 1.29 is 4.74 Å². The molecule has 5 heteroatoms. The zero-order chi connectivity index (χ0) is 17.4. The first kappa shape index (κ1) is 16.3. The topological polar surface area (TPSA) is 58.2 Å². The Hall–Kier alpha value is -2.14. The molecule has 2 aliphatic rings. The smallest absolute Gasteiger partial charge is 0.254 e. The summed E-state index contributed by atoms with van der Waals surface area (Å²) in [4.78, 5) is 22.4. The van der Waals surface area contributed by atoms with Crippen molar-refractivity contribution in [2.45, 2.75) is 58.2 Å². The van der Waals surface area contributed by atoms with Gasteiger partial charge >= 0.3 is 0 Å². The minimum atomic E-state index is 0.0519. The lowest BCUT2D eigenvalue weighted by molar-refractivity contribution is 0.187. The maximum absolute atomic E-state index is 12.3. The highest BCUT2D eigenvalue weighted by molar-refractivity contribution is 5.28. The third-order valence-electron chi connectivity index (χ3n) is 5.46. The molecule has 2 aliphatic heterocycles. The van der Waals surface area contributed by atoms with Crippen molar-refractivity contribution >= 4 is 0 Å². The molecule has 0 saturated carbocycles. The van der Waals surface area contributed by atoms with Crippen LogP contribution in [0.15, 0.2) is 29.1 Å². The molecule has 0 aliphatic carbocycles. The predicted octanol–water partition coefficient (Wildman–Crippen LogP) is 2.61. The standard InChI is InChI=1S/C20H25N3O2/c1-3-25-17-8-4-14(5-9-17)12-23-15-6-7-16(23)11-19-18(10-15)20(24)22-13(2)21-19/h4-5,8-9,15-16H,3,6-7,10-12H2,1-2H3,(H,21,22,24)/t15-,16-/m1/s1. The van der Waals surface area contributed by atoms with E-state index in [2.05, 4.69) is 27.0 Å². The van der Waals surface area contributed by atoms with Gasteiger partial charge in [0.2, 0.25) is 0 Å². The number of hydrogen-bond acceptors (Lipinski definition) is 4. The summed E-state index contributed by atoms with van der Waals surface area (Å²) in [5.74, 6) is 1.64. The maximum Gasteiger partial charge on any atom is 0.254 e. The van der Waals surface area contributed by atoms with Gasteiger partial charge in [-0.05, 0) is 50.8 Å². The highest BCUT2D eigenvalue weighted by atomic mass is 16.5. The first-order chi connectivity index (χ1) is 12.1. The van der Waals surface area contributed by atoms with Crippen LogP contribution in [0.2, 0.25) is 0 Å². The zero-order valence-electron chi connectivity index (χ0n) is 14.9. The number of aromatic amines is 1. The first-order valence-electron chi connectivity index (χ1n) is 9.20. The summed E-state index contributed by atoms with van der Waals surface area (Å²) < 4.78 is 5.53. The Morgan fingerprint density at radius 3 is 2.64 bits per heavy atom. The Bertz CT molecular complexity index is 813. The SMILES string of the molecule is CCOc1ccc(CN2[C@@H]3CC[C@@H]2Cc2c(nc(C)[nH]c2=O)C3)cc1. The Morgan fingerprint density at radius 2 is 1.92 bits per heavy atom. The fourth-order valence-corrected chi connectivity index (χ4v) is 4.29. The molecule has 2 bridgehead atoms. The molecule has 0 amide bonds. The Kier molecular flexibility index (Phi) is 4.34. The molecule has 2 atom stereocenters. The number of ether oxygens (including phenoxy) is 1. The van der Waals surface area contributed by atoms with Crippen molar-refractivity contribution in [3.63, 3.8) is 0 Å². The van der Waals surface area contributed by atoms with Crippen LogP contribution in [0.4, 0.5) is 0 Å². The lowest BCUT2D eigenvalue weighted by atomic mass is 9.98. The fraction of sp³-hybridized carbons (Fsp3) is 0.500. The van der Waals surface area contributed by atoms with E-state index in [0.29, 0.717) is 18.7 Å². The van der Waals surface area contributed by atoms with E-state index in [4.69, 9.17) is 4.74 Å². The number of hydrogen-bond donors (Lipinski definition) is 1. The lowest BCUT2D eigenvalue weighted by Crippen LogP contribution is -2.36. The summed E-state index contributed by atoms with van der Waals surface area (Å²) in [7, 11) is 0. The van der Waals surface area contributed by atoms with Gasteiger partial charge < -0.3 is 9.72 Å². The van der Waals surface area contributed by atoms with Gasteiger partial charge in [-0.1, -0.05) is 12.1 Å². The number of benzene rings is 1. The number of nitrogens with zero attached hydrogens (tertiary/aromatic N) is 2. The van der Waals surface area contributed by atoms with E-state index >= 15 is 0 Å². The molecule has 1 saturated heterocycles. The van der Waals surface area contributed by atoms with Gasteiger partial charge in [0.05, 0.1) is 12.3 Å². The normalized spacial score (nSPS) is 22.5. The van der Waals surface area contributed by atoms with Crippen LogP contribution in [-0.4, -0.2) is 33.6 Å². The zero-order valence-corrected chi connectivity index (χ0v) is 14.9. The van der Waals surface area contributed by atoms with Gasteiger partial charge in [0.25, 0.3) is 5.56 Å². The van der Waals surface area contributed by atoms with Crippen molar-refractivity contribution in [1.82, 2.24) is 14.9 Å². The van der Waals surface area contributed by atoms with Gasteiger partial charge in [0.1, 0.15) is 11.6 Å². The number of rotatable bonds is 4.